The van der Waals surface area contributed by atoms with Crippen LogP contribution in [-0.4, -0.2) is 22.3 Å². The molecule has 0 spiro atoms. The van der Waals surface area contributed by atoms with E-state index in [9.17, 15) is 4.79 Å². The van der Waals surface area contributed by atoms with Gasteiger partial charge in [-0.2, -0.15) is 5.10 Å². The Hall–Kier alpha value is -3.02. The lowest BCUT2D eigenvalue weighted by atomic mass is 10.3. The van der Waals surface area contributed by atoms with E-state index >= 15 is 0 Å². The van der Waals surface area contributed by atoms with Crippen LogP contribution in [0.5, 0.6) is 5.75 Å². The van der Waals surface area contributed by atoms with Crippen LogP contribution < -0.4 is 10.1 Å². The monoisotopic (exact) mass is 297 g/mol. The molecule has 1 aromatic carbocycles. The Morgan fingerprint density at radius 3 is 2.82 bits per heavy atom. The van der Waals surface area contributed by atoms with E-state index in [1.165, 1.54) is 0 Å². The molecule has 0 fully saturated rings. The molecule has 0 aliphatic carbocycles. The summed E-state index contributed by atoms with van der Waals surface area (Å²) in [5.41, 5.74) is 0. The van der Waals surface area contributed by atoms with Crippen molar-refractivity contribution in [2.75, 3.05) is 11.9 Å². The lowest BCUT2D eigenvalue weighted by molar-refractivity contribution is -0.118. The van der Waals surface area contributed by atoms with E-state index < -0.39 is 0 Å². The number of amides is 1. The zero-order valence-electron chi connectivity index (χ0n) is 11.8. The SMILES string of the molecule is O=C(COc1ccccc1)Nc1ccnn1Cc1ccco1. The first-order valence-corrected chi connectivity index (χ1v) is 6.83. The second-order valence-corrected chi connectivity index (χ2v) is 4.60. The number of anilines is 1. The summed E-state index contributed by atoms with van der Waals surface area (Å²) in [7, 11) is 0. The van der Waals surface area contributed by atoms with E-state index in [1.54, 1.807) is 35.3 Å². The van der Waals surface area contributed by atoms with Crippen molar-refractivity contribution in [3.8, 4) is 5.75 Å². The second kappa shape index (κ2) is 6.62. The van der Waals surface area contributed by atoms with Crippen molar-refractivity contribution in [2.24, 2.45) is 0 Å². The normalized spacial score (nSPS) is 10.4. The summed E-state index contributed by atoms with van der Waals surface area (Å²) in [5, 5.41) is 6.93. The molecule has 0 aliphatic rings. The van der Waals surface area contributed by atoms with Gasteiger partial charge in [0.05, 0.1) is 12.5 Å². The maximum absolute atomic E-state index is 11.9. The molecule has 2 aromatic heterocycles. The van der Waals surface area contributed by atoms with Crippen molar-refractivity contribution in [1.82, 2.24) is 9.78 Å². The largest absolute Gasteiger partial charge is 0.484 e. The lowest BCUT2D eigenvalue weighted by Crippen LogP contribution is -2.22. The van der Waals surface area contributed by atoms with Gasteiger partial charge in [-0.3, -0.25) is 4.79 Å². The van der Waals surface area contributed by atoms with Crippen LogP contribution in [0, 0.1) is 0 Å². The highest BCUT2D eigenvalue weighted by atomic mass is 16.5. The van der Waals surface area contributed by atoms with Crippen molar-refractivity contribution >= 4 is 11.7 Å². The summed E-state index contributed by atoms with van der Waals surface area (Å²) in [6.07, 6.45) is 3.22. The van der Waals surface area contributed by atoms with E-state index in [-0.39, 0.29) is 12.5 Å². The molecule has 3 rings (SSSR count). The van der Waals surface area contributed by atoms with Crippen molar-refractivity contribution in [1.29, 1.82) is 0 Å². The quantitative estimate of drug-likeness (QED) is 0.759. The molecule has 0 unspecified atom stereocenters. The first-order valence-electron chi connectivity index (χ1n) is 6.83. The van der Waals surface area contributed by atoms with Gasteiger partial charge in [0.2, 0.25) is 0 Å². The van der Waals surface area contributed by atoms with Gasteiger partial charge in [0, 0.05) is 6.07 Å². The first-order chi connectivity index (χ1) is 10.8. The third kappa shape index (κ3) is 3.54. The molecule has 0 saturated carbocycles. The summed E-state index contributed by atoms with van der Waals surface area (Å²) >= 11 is 0. The zero-order valence-corrected chi connectivity index (χ0v) is 11.8. The Balaban J connectivity index is 1.56. The lowest BCUT2D eigenvalue weighted by Gasteiger charge is -2.09. The number of carbonyl (C=O) groups excluding carboxylic acids is 1. The van der Waals surface area contributed by atoms with Crippen LogP contribution in [0.2, 0.25) is 0 Å². The van der Waals surface area contributed by atoms with Crippen LogP contribution in [0.15, 0.2) is 65.4 Å². The highest BCUT2D eigenvalue weighted by molar-refractivity contribution is 5.91. The molecule has 1 N–H and O–H groups in total. The molecule has 2 heterocycles. The smallest absolute Gasteiger partial charge is 0.263 e. The van der Waals surface area contributed by atoms with Gasteiger partial charge < -0.3 is 14.5 Å². The Morgan fingerprint density at radius 1 is 1.18 bits per heavy atom. The zero-order chi connectivity index (χ0) is 15.2. The van der Waals surface area contributed by atoms with Crippen molar-refractivity contribution in [3.63, 3.8) is 0 Å². The molecular formula is C16H15N3O3. The van der Waals surface area contributed by atoms with E-state index in [2.05, 4.69) is 10.4 Å². The van der Waals surface area contributed by atoms with Gasteiger partial charge >= 0.3 is 0 Å². The van der Waals surface area contributed by atoms with Crippen LogP contribution in [0.1, 0.15) is 5.76 Å². The Labute approximate surface area is 127 Å². The van der Waals surface area contributed by atoms with Crippen LogP contribution >= 0.6 is 0 Å². The average molecular weight is 297 g/mol. The maximum atomic E-state index is 11.9. The average Bonchev–Trinajstić information content (AvgIpc) is 3.20. The van der Waals surface area contributed by atoms with Gasteiger partial charge in [-0.1, -0.05) is 18.2 Å². The minimum atomic E-state index is -0.245. The number of carbonyl (C=O) groups is 1. The number of para-hydroxylation sites is 1. The summed E-state index contributed by atoms with van der Waals surface area (Å²) in [6, 6.07) is 14.6. The van der Waals surface area contributed by atoms with Gasteiger partial charge in [-0.05, 0) is 24.3 Å². The third-order valence-electron chi connectivity index (χ3n) is 2.98. The summed E-state index contributed by atoms with van der Waals surface area (Å²) in [4.78, 5) is 11.9. The third-order valence-corrected chi connectivity index (χ3v) is 2.98. The molecule has 6 heteroatoms. The number of furan rings is 1. The van der Waals surface area contributed by atoms with E-state index in [1.807, 2.05) is 30.3 Å². The number of rotatable bonds is 6. The molecule has 0 atom stereocenters. The number of benzene rings is 1. The number of nitrogens with zero attached hydrogens (tertiary/aromatic N) is 2. The second-order valence-electron chi connectivity index (χ2n) is 4.60. The highest BCUT2D eigenvalue weighted by Gasteiger charge is 2.09. The standard InChI is InChI=1S/C16H15N3O3/c20-16(12-22-13-5-2-1-3-6-13)18-15-8-9-17-19(15)11-14-7-4-10-21-14/h1-10H,11-12H2,(H,18,20). The van der Waals surface area contributed by atoms with Crippen molar-refractivity contribution in [2.45, 2.75) is 6.54 Å². The predicted molar refractivity (Wildman–Crippen MR) is 80.6 cm³/mol. The molecule has 6 nitrogen and oxygen atoms in total. The molecule has 0 bridgehead atoms. The Kier molecular flexibility index (Phi) is 4.20. The number of hydrogen-bond donors (Lipinski definition) is 1. The van der Waals surface area contributed by atoms with E-state index in [0.717, 1.165) is 5.76 Å². The van der Waals surface area contributed by atoms with Gasteiger partial charge in [-0.15, -0.1) is 0 Å². The minimum Gasteiger partial charge on any atom is -0.484 e. The van der Waals surface area contributed by atoms with E-state index in [4.69, 9.17) is 9.15 Å². The van der Waals surface area contributed by atoms with Gasteiger partial charge in [-0.25, -0.2) is 4.68 Å². The molecule has 0 radical (unpaired) electrons. The number of nitrogens with one attached hydrogen (secondary N) is 1. The topological polar surface area (TPSA) is 69.3 Å². The number of aromatic nitrogens is 2. The fourth-order valence-electron chi connectivity index (χ4n) is 1.96. The van der Waals surface area contributed by atoms with Crippen LogP contribution in [0.3, 0.4) is 0 Å². The van der Waals surface area contributed by atoms with Gasteiger partial charge in [0.1, 0.15) is 23.9 Å². The summed E-state index contributed by atoms with van der Waals surface area (Å²) in [5.74, 6) is 1.77. The molecule has 0 saturated heterocycles. The van der Waals surface area contributed by atoms with Crippen LogP contribution in [0.4, 0.5) is 5.82 Å². The fourth-order valence-corrected chi connectivity index (χ4v) is 1.96. The molecular weight excluding hydrogens is 282 g/mol. The molecule has 3 aromatic rings. The van der Waals surface area contributed by atoms with Gasteiger partial charge in [0.25, 0.3) is 5.91 Å². The van der Waals surface area contributed by atoms with Crippen molar-refractivity contribution in [3.05, 3.63) is 66.8 Å². The minimum absolute atomic E-state index is 0.0596. The molecule has 112 valence electrons. The molecule has 22 heavy (non-hydrogen) atoms. The fraction of sp³-hybridized carbons (Fsp3) is 0.125. The number of hydrogen-bond acceptors (Lipinski definition) is 4. The first kappa shape index (κ1) is 13.9. The van der Waals surface area contributed by atoms with Crippen LogP contribution in [0.25, 0.3) is 0 Å². The molecule has 1 amide bonds. The maximum Gasteiger partial charge on any atom is 0.263 e. The number of ether oxygens (including phenoxy) is 1. The van der Waals surface area contributed by atoms with Gasteiger partial charge in [0.15, 0.2) is 6.61 Å². The summed E-state index contributed by atoms with van der Waals surface area (Å²) < 4.78 is 12.3. The van der Waals surface area contributed by atoms with Crippen molar-refractivity contribution < 1.29 is 13.9 Å². The summed E-state index contributed by atoms with van der Waals surface area (Å²) in [6.45, 7) is 0.394. The van der Waals surface area contributed by atoms with E-state index in [0.29, 0.717) is 18.1 Å². The van der Waals surface area contributed by atoms with Crippen LogP contribution in [-0.2, 0) is 11.3 Å². The highest BCUT2D eigenvalue weighted by Crippen LogP contribution is 2.11. The Morgan fingerprint density at radius 2 is 2.05 bits per heavy atom. The predicted octanol–water partition coefficient (Wildman–Crippen LogP) is 2.54. The Bertz CT molecular complexity index is 720. The molecule has 0 aliphatic heterocycles.